The van der Waals surface area contributed by atoms with Crippen LogP contribution in [0.25, 0.3) is 0 Å². The predicted molar refractivity (Wildman–Crippen MR) is 136 cm³/mol. The summed E-state index contributed by atoms with van der Waals surface area (Å²) in [4.78, 5) is 72.8. The topological polar surface area (TPSA) is 187 Å². The average Bonchev–Trinajstić information content (AvgIpc) is 3.17. The normalized spacial score (nSPS) is 16.6. The second-order valence-corrected chi connectivity index (χ2v) is 8.91. The Morgan fingerprint density at radius 1 is 0.925 bits per heavy atom. The highest BCUT2D eigenvalue weighted by atomic mass is 16.5. The molecular formula is C26H33N3O11. The van der Waals surface area contributed by atoms with E-state index >= 15 is 0 Å². The van der Waals surface area contributed by atoms with Crippen LogP contribution in [0.2, 0.25) is 0 Å². The molecule has 40 heavy (non-hydrogen) atoms. The van der Waals surface area contributed by atoms with Crippen LogP contribution in [0.15, 0.2) is 18.2 Å². The van der Waals surface area contributed by atoms with Gasteiger partial charge in [-0.1, -0.05) is 6.07 Å². The molecule has 0 radical (unpaired) electrons. The van der Waals surface area contributed by atoms with Gasteiger partial charge in [0.15, 0.2) is 0 Å². The van der Waals surface area contributed by atoms with E-state index in [-0.39, 0.29) is 68.3 Å². The quantitative estimate of drug-likeness (QED) is 0.160. The number of hydrogen-bond acceptors (Lipinski definition) is 10. The molecule has 218 valence electrons. The van der Waals surface area contributed by atoms with Gasteiger partial charge in [-0.05, 0) is 25.0 Å². The fourth-order valence-electron chi connectivity index (χ4n) is 4.04. The number of piperidine rings is 1. The van der Waals surface area contributed by atoms with Crippen LogP contribution in [0.4, 0.5) is 0 Å². The van der Waals surface area contributed by atoms with E-state index < -0.39 is 35.6 Å². The summed E-state index contributed by atoms with van der Waals surface area (Å²) in [5, 5.41) is 13.4. The molecule has 1 saturated heterocycles. The molecule has 0 aliphatic carbocycles. The van der Waals surface area contributed by atoms with E-state index in [4.69, 9.17) is 24.1 Å². The van der Waals surface area contributed by atoms with Gasteiger partial charge in [-0.15, -0.1) is 0 Å². The summed E-state index contributed by atoms with van der Waals surface area (Å²) in [7, 11) is 0. The van der Waals surface area contributed by atoms with E-state index in [0.717, 1.165) is 4.90 Å². The molecule has 1 aromatic carbocycles. The van der Waals surface area contributed by atoms with E-state index in [1.165, 1.54) is 6.07 Å². The zero-order chi connectivity index (χ0) is 28.9. The number of carbonyl (C=O) groups is 6. The number of carboxylic acids is 1. The highest BCUT2D eigenvalue weighted by molar-refractivity contribution is 6.24. The number of carbonyl (C=O) groups excluding carboxylic acids is 5. The van der Waals surface area contributed by atoms with E-state index in [1.807, 2.05) is 0 Å². The molecule has 2 heterocycles. The lowest BCUT2D eigenvalue weighted by molar-refractivity contribution is -0.138. The number of amides is 5. The molecule has 0 spiro atoms. The molecule has 1 aromatic rings. The standard InChI is InChI=1S/C26H33N3O11/c30-20(7-11-37-13-15-39-16-14-38-12-8-22(32)33)27-9-2-10-40-19-4-1-3-17-23(19)26(36)29(25(17)35)18-5-6-21(31)28-24(18)34/h1,3-4,18H,2,5-16H2,(H,27,30)(H,32,33)(H,28,31,34). The third-order valence-corrected chi connectivity index (χ3v) is 6.01. The van der Waals surface area contributed by atoms with Crippen molar-refractivity contribution in [3.8, 4) is 5.75 Å². The number of nitrogens with one attached hydrogen (secondary N) is 2. The highest BCUT2D eigenvalue weighted by Gasteiger charge is 2.45. The Morgan fingerprint density at radius 2 is 1.60 bits per heavy atom. The van der Waals surface area contributed by atoms with Gasteiger partial charge >= 0.3 is 5.97 Å². The first kappa shape index (κ1) is 30.7. The maximum Gasteiger partial charge on any atom is 0.305 e. The largest absolute Gasteiger partial charge is 0.493 e. The minimum absolute atomic E-state index is 0.0358. The summed E-state index contributed by atoms with van der Waals surface area (Å²) < 4.78 is 21.4. The zero-order valence-electron chi connectivity index (χ0n) is 22.0. The number of fused-ring (bicyclic) bond motifs is 1. The summed E-state index contributed by atoms with van der Waals surface area (Å²) >= 11 is 0. The monoisotopic (exact) mass is 563 g/mol. The van der Waals surface area contributed by atoms with Gasteiger partial charge in [0.05, 0.1) is 63.8 Å². The number of carboxylic acid groups (broad SMARTS) is 1. The fourth-order valence-corrected chi connectivity index (χ4v) is 4.04. The van der Waals surface area contributed by atoms with Crippen LogP contribution in [-0.4, -0.2) is 104 Å². The lowest BCUT2D eigenvalue weighted by Gasteiger charge is -2.27. The molecule has 1 atom stereocenters. The molecule has 14 heteroatoms. The summed E-state index contributed by atoms with van der Waals surface area (Å²) in [6.07, 6.45) is 0.658. The highest BCUT2D eigenvalue weighted by Crippen LogP contribution is 2.33. The Morgan fingerprint density at radius 3 is 2.27 bits per heavy atom. The average molecular weight is 564 g/mol. The van der Waals surface area contributed by atoms with Crippen LogP contribution in [0, 0.1) is 0 Å². The Kier molecular flexibility index (Phi) is 12.0. The van der Waals surface area contributed by atoms with Crippen molar-refractivity contribution >= 4 is 35.5 Å². The van der Waals surface area contributed by atoms with E-state index in [1.54, 1.807) is 12.1 Å². The van der Waals surface area contributed by atoms with Crippen molar-refractivity contribution in [2.75, 3.05) is 52.8 Å². The first-order valence-corrected chi connectivity index (χ1v) is 13.0. The molecule has 2 aliphatic heterocycles. The number of imide groups is 2. The molecule has 3 N–H and O–H groups in total. The van der Waals surface area contributed by atoms with Gasteiger partial charge < -0.3 is 29.4 Å². The van der Waals surface area contributed by atoms with Crippen LogP contribution in [0.3, 0.4) is 0 Å². The number of nitrogens with zero attached hydrogens (tertiary/aromatic N) is 1. The van der Waals surface area contributed by atoms with Gasteiger partial charge in [0.25, 0.3) is 11.8 Å². The summed E-state index contributed by atoms with van der Waals surface area (Å²) in [6.45, 7) is 2.09. The van der Waals surface area contributed by atoms with Crippen LogP contribution in [0.1, 0.15) is 52.8 Å². The Hall–Kier alpha value is -3.88. The van der Waals surface area contributed by atoms with Gasteiger partial charge in [-0.3, -0.25) is 39.0 Å². The Balaban J connectivity index is 1.28. The van der Waals surface area contributed by atoms with Gasteiger partial charge in [-0.25, -0.2) is 0 Å². The molecular weight excluding hydrogens is 530 g/mol. The minimum atomic E-state index is -1.05. The third-order valence-electron chi connectivity index (χ3n) is 6.01. The van der Waals surface area contributed by atoms with Gasteiger partial charge in [0, 0.05) is 19.4 Å². The van der Waals surface area contributed by atoms with Gasteiger partial charge in [0.2, 0.25) is 17.7 Å². The van der Waals surface area contributed by atoms with Crippen molar-refractivity contribution in [2.45, 2.75) is 38.1 Å². The molecule has 1 unspecified atom stereocenters. The van der Waals surface area contributed by atoms with E-state index in [2.05, 4.69) is 10.6 Å². The molecule has 0 bridgehead atoms. The van der Waals surface area contributed by atoms with Crippen molar-refractivity contribution in [3.05, 3.63) is 29.3 Å². The lowest BCUT2D eigenvalue weighted by Crippen LogP contribution is -2.54. The molecule has 3 rings (SSSR count). The molecule has 2 aliphatic rings. The van der Waals surface area contributed by atoms with Crippen LogP contribution >= 0.6 is 0 Å². The van der Waals surface area contributed by atoms with Gasteiger partial charge in [0.1, 0.15) is 11.8 Å². The van der Waals surface area contributed by atoms with Crippen molar-refractivity contribution in [1.29, 1.82) is 0 Å². The second kappa shape index (κ2) is 15.6. The molecule has 0 saturated carbocycles. The molecule has 14 nitrogen and oxygen atoms in total. The van der Waals surface area contributed by atoms with Crippen molar-refractivity contribution in [2.24, 2.45) is 0 Å². The molecule has 0 aromatic heterocycles. The number of ether oxygens (including phenoxy) is 4. The first-order valence-electron chi connectivity index (χ1n) is 13.0. The third kappa shape index (κ3) is 8.83. The van der Waals surface area contributed by atoms with Crippen molar-refractivity contribution in [3.63, 3.8) is 0 Å². The van der Waals surface area contributed by atoms with Crippen molar-refractivity contribution in [1.82, 2.24) is 15.5 Å². The summed E-state index contributed by atoms with van der Waals surface area (Å²) in [6, 6.07) is 3.57. The summed E-state index contributed by atoms with van der Waals surface area (Å²) in [5.41, 5.74) is 0.211. The molecule has 1 fully saturated rings. The summed E-state index contributed by atoms with van der Waals surface area (Å²) in [5.74, 6) is -3.29. The fraction of sp³-hybridized carbons (Fsp3) is 0.538. The maximum atomic E-state index is 13.0. The lowest BCUT2D eigenvalue weighted by atomic mass is 10.0. The minimum Gasteiger partial charge on any atom is -0.493 e. The van der Waals surface area contributed by atoms with E-state index in [0.29, 0.717) is 39.4 Å². The van der Waals surface area contributed by atoms with Crippen LogP contribution < -0.4 is 15.4 Å². The number of aliphatic carboxylic acids is 1. The Bertz CT molecular complexity index is 1110. The number of hydrogen-bond donors (Lipinski definition) is 3. The SMILES string of the molecule is O=C(O)CCOCCOCCOCCC(=O)NCCCOc1cccc2c1C(=O)N(C1CCC(=O)NC1=O)C2=O. The first-order chi connectivity index (χ1) is 19.3. The molecule has 5 amide bonds. The van der Waals surface area contributed by atoms with Crippen molar-refractivity contribution < 1.29 is 52.8 Å². The van der Waals surface area contributed by atoms with Gasteiger partial charge in [-0.2, -0.15) is 0 Å². The smallest absolute Gasteiger partial charge is 0.305 e. The van der Waals surface area contributed by atoms with E-state index in [9.17, 15) is 28.8 Å². The Labute approximate surface area is 230 Å². The number of rotatable bonds is 18. The maximum absolute atomic E-state index is 13.0. The zero-order valence-corrected chi connectivity index (χ0v) is 22.0. The predicted octanol–water partition coefficient (Wildman–Crippen LogP) is -0.112. The second-order valence-electron chi connectivity index (χ2n) is 8.91. The van der Waals surface area contributed by atoms with Crippen LogP contribution in [0.5, 0.6) is 5.75 Å². The van der Waals surface area contributed by atoms with Crippen LogP contribution in [-0.2, 0) is 33.4 Å². The number of benzene rings is 1.